The lowest BCUT2D eigenvalue weighted by molar-refractivity contribution is -0.387. The molecule has 0 spiro atoms. The number of sulfonamides is 1. The van der Waals surface area contributed by atoms with Gasteiger partial charge < -0.3 is 0 Å². The van der Waals surface area contributed by atoms with E-state index in [1.807, 2.05) is 13.2 Å². The van der Waals surface area contributed by atoms with E-state index >= 15 is 0 Å². The van der Waals surface area contributed by atoms with Crippen LogP contribution in [0.4, 0.5) is 10.1 Å². The van der Waals surface area contributed by atoms with Crippen molar-refractivity contribution in [3.63, 3.8) is 0 Å². The molecule has 1 aromatic carbocycles. The summed E-state index contributed by atoms with van der Waals surface area (Å²) in [4.78, 5) is 9.20. The molecule has 0 bridgehead atoms. The van der Waals surface area contributed by atoms with Crippen molar-refractivity contribution in [3.05, 3.63) is 34.1 Å². The van der Waals surface area contributed by atoms with Crippen LogP contribution in [0.25, 0.3) is 0 Å². The summed E-state index contributed by atoms with van der Waals surface area (Å²) >= 11 is 1.48. The maximum atomic E-state index is 13.4. The average molecular weight is 308 g/mol. The molecule has 1 N–H and O–H groups in total. The van der Waals surface area contributed by atoms with Crippen molar-refractivity contribution >= 4 is 27.5 Å². The van der Waals surface area contributed by atoms with Crippen molar-refractivity contribution in [1.82, 2.24) is 4.72 Å². The van der Waals surface area contributed by atoms with Crippen LogP contribution in [0.2, 0.25) is 0 Å². The van der Waals surface area contributed by atoms with Crippen molar-refractivity contribution in [2.45, 2.75) is 17.1 Å². The Hall–Kier alpha value is -1.19. The highest BCUT2D eigenvalue weighted by Gasteiger charge is 2.20. The third-order valence-electron chi connectivity index (χ3n) is 2.39. The maximum absolute atomic E-state index is 13.4. The Morgan fingerprint density at radius 2 is 2.16 bits per heavy atom. The standard InChI is InChI=1S/C10H13FN2O4S2/c1-7(18-2)6-12-19(16,17)8-3-4-10(13(14)15)9(11)5-8/h3-5,7,12H,6H2,1-2H3. The van der Waals surface area contributed by atoms with Crippen LogP contribution in [-0.4, -0.2) is 31.4 Å². The van der Waals surface area contributed by atoms with E-state index in [0.29, 0.717) is 6.07 Å². The van der Waals surface area contributed by atoms with Gasteiger partial charge in [-0.2, -0.15) is 16.2 Å². The van der Waals surface area contributed by atoms with Gasteiger partial charge in [0.25, 0.3) is 0 Å². The number of nitrogens with zero attached hydrogens (tertiary/aromatic N) is 1. The number of hydrogen-bond donors (Lipinski definition) is 1. The molecule has 9 heteroatoms. The lowest BCUT2D eigenvalue weighted by Gasteiger charge is -2.10. The van der Waals surface area contributed by atoms with Crippen LogP contribution < -0.4 is 4.72 Å². The minimum absolute atomic E-state index is 0.0673. The van der Waals surface area contributed by atoms with E-state index in [4.69, 9.17) is 0 Å². The van der Waals surface area contributed by atoms with Crippen molar-refractivity contribution < 1.29 is 17.7 Å². The summed E-state index contributed by atoms with van der Waals surface area (Å²) in [7, 11) is -3.86. The normalized spacial score (nSPS) is 13.2. The fourth-order valence-electron chi connectivity index (χ4n) is 1.20. The van der Waals surface area contributed by atoms with Gasteiger partial charge in [-0.3, -0.25) is 10.1 Å². The molecule has 6 nitrogen and oxygen atoms in total. The molecule has 0 saturated carbocycles. The molecule has 0 amide bonds. The molecular formula is C10H13FN2O4S2. The van der Waals surface area contributed by atoms with Crippen LogP contribution in [0.3, 0.4) is 0 Å². The van der Waals surface area contributed by atoms with Crippen molar-refractivity contribution in [2.75, 3.05) is 12.8 Å². The topological polar surface area (TPSA) is 89.3 Å². The Morgan fingerprint density at radius 3 is 2.63 bits per heavy atom. The van der Waals surface area contributed by atoms with Crippen LogP contribution >= 0.6 is 11.8 Å². The van der Waals surface area contributed by atoms with Gasteiger partial charge in [0.05, 0.1) is 9.82 Å². The van der Waals surface area contributed by atoms with Crippen molar-refractivity contribution in [1.29, 1.82) is 0 Å². The zero-order chi connectivity index (χ0) is 14.6. The maximum Gasteiger partial charge on any atom is 0.304 e. The Bertz CT molecular complexity index is 577. The van der Waals surface area contributed by atoms with E-state index in [1.54, 1.807) is 0 Å². The molecule has 19 heavy (non-hydrogen) atoms. The zero-order valence-corrected chi connectivity index (χ0v) is 11.9. The van der Waals surface area contributed by atoms with E-state index < -0.39 is 26.5 Å². The second kappa shape index (κ2) is 6.31. The van der Waals surface area contributed by atoms with Gasteiger partial charge in [-0.25, -0.2) is 13.1 Å². The molecule has 0 aliphatic rings. The number of benzene rings is 1. The fraction of sp³-hybridized carbons (Fsp3) is 0.400. The second-order valence-electron chi connectivity index (χ2n) is 3.77. The molecule has 106 valence electrons. The van der Waals surface area contributed by atoms with E-state index in [0.717, 1.165) is 12.1 Å². The van der Waals surface area contributed by atoms with E-state index in [-0.39, 0.29) is 16.7 Å². The first-order valence-electron chi connectivity index (χ1n) is 5.24. The Labute approximate surface area is 114 Å². The summed E-state index contributed by atoms with van der Waals surface area (Å²) < 4.78 is 39.3. The van der Waals surface area contributed by atoms with E-state index in [2.05, 4.69) is 4.72 Å². The van der Waals surface area contributed by atoms with Crippen LogP contribution in [-0.2, 0) is 10.0 Å². The lowest BCUT2D eigenvalue weighted by Crippen LogP contribution is -2.29. The van der Waals surface area contributed by atoms with Gasteiger partial charge in [0.1, 0.15) is 0 Å². The van der Waals surface area contributed by atoms with Crippen LogP contribution in [0.15, 0.2) is 23.1 Å². The first-order chi connectivity index (χ1) is 8.77. The highest BCUT2D eigenvalue weighted by atomic mass is 32.2. The molecule has 1 unspecified atom stereocenters. The van der Waals surface area contributed by atoms with Crippen LogP contribution in [0.5, 0.6) is 0 Å². The summed E-state index contributed by atoms with van der Waals surface area (Å²) in [6, 6.07) is 2.49. The van der Waals surface area contributed by atoms with E-state index in [1.165, 1.54) is 11.8 Å². The Balaban J connectivity index is 2.96. The Morgan fingerprint density at radius 1 is 1.53 bits per heavy atom. The third kappa shape index (κ3) is 4.15. The molecule has 0 radical (unpaired) electrons. The largest absolute Gasteiger partial charge is 0.304 e. The Kier molecular flexibility index (Phi) is 5.27. The number of hydrogen-bond acceptors (Lipinski definition) is 5. The molecular weight excluding hydrogens is 295 g/mol. The average Bonchev–Trinajstić information content (AvgIpc) is 2.35. The number of nitro groups is 1. The van der Waals surface area contributed by atoms with Crippen molar-refractivity contribution in [3.8, 4) is 0 Å². The highest BCUT2D eigenvalue weighted by Crippen LogP contribution is 2.20. The number of thioether (sulfide) groups is 1. The van der Waals surface area contributed by atoms with Crippen LogP contribution in [0.1, 0.15) is 6.92 Å². The van der Waals surface area contributed by atoms with Gasteiger partial charge in [0.2, 0.25) is 15.8 Å². The molecule has 0 heterocycles. The molecule has 1 aromatic rings. The summed E-state index contributed by atoms with van der Waals surface area (Å²) in [6.45, 7) is 2.03. The summed E-state index contributed by atoms with van der Waals surface area (Å²) in [5.74, 6) is -1.18. The van der Waals surface area contributed by atoms with Gasteiger partial charge in [0.15, 0.2) is 0 Å². The second-order valence-corrected chi connectivity index (χ2v) is 6.81. The zero-order valence-electron chi connectivity index (χ0n) is 10.3. The molecule has 0 aliphatic heterocycles. The number of nitrogens with one attached hydrogen (secondary N) is 1. The quantitative estimate of drug-likeness (QED) is 0.639. The first kappa shape index (κ1) is 15.9. The lowest BCUT2D eigenvalue weighted by atomic mass is 10.3. The van der Waals surface area contributed by atoms with Gasteiger partial charge >= 0.3 is 5.69 Å². The molecule has 0 fully saturated rings. The minimum Gasteiger partial charge on any atom is -0.258 e. The fourth-order valence-corrected chi connectivity index (χ4v) is 2.69. The summed E-state index contributed by atoms with van der Waals surface area (Å²) in [6.07, 6.45) is 1.84. The first-order valence-corrected chi connectivity index (χ1v) is 8.01. The van der Waals surface area contributed by atoms with Gasteiger partial charge in [-0.1, -0.05) is 6.92 Å². The minimum atomic E-state index is -3.86. The summed E-state index contributed by atoms with van der Waals surface area (Å²) in [5, 5.41) is 10.5. The third-order valence-corrected chi connectivity index (χ3v) is 4.78. The van der Waals surface area contributed by atoms with Gasteiger partial charge in [0, 0.05) is 23.9 Å². The van der Waals surface area contributed by atoms with Crippen LogP contribution in [0, 0.1) is 15.9 Å². The van der Waals surface area contributed by atoms with Gasteiger partial charge in [-0.05, 0) is 12.3 Å². The smallest absolute Gasteiger partial charge is 0.258 e. The number of rotatable bonds is 6. The summed E-state index contributed by atoms with van der Waals surface area (Å²) in [5.41, 5.74) is -0.753. The van der Waals surface area contributed by atoms with Gasteiger partial charge in [-0.15, -0.1) is 0 Å². The highest BCUT2D eigenvalue weighted by molar-refractivity contribution is 7.99. The number of halogens is 1. The SMILES string of the molecule is CSC(C)CNS(=O)(=O)c1ccc([N+](=O)[O-])c(F)c1. The molecule has 1 atom stereocenters. The van der Waals surface area contributed by atoms with Crippen molar-refractivity contribution in [2.24, 2.45) is 0 Å². The monoisotopic (exact) mass is 308 g/mol. The molecule has 0 saturated heterocycles. The number of nitro benzene ring substituents is 1. The van der Waals surface area contributed by atoms with E-state index in [9.17, 15) is 22.9 Å². The predicted octanol–water partition coefficient (Wildman–Crippen LogP) is 1.76. The molecule has 0 aromatic heterocycles. The molecule has 1 rings (SSSR count). The molecule has 0 aliphatic carbocycles. The predicted molar refractivity (Wildman–Crippen MR) is 71.2 cm³/mol.